The molecular weight excluding hydrogens is 340 g/mol. The summed E-state index contributed by atoms with van der Waals surface area (Å²) in [4.78, 5) is 14.9. The highest BCUT2D eigenvalue weighted by atomic mass is 16.5. The minimum Gasteiger partial charge on any atom is -0.378 e. The second kappa shape index (κ2) is 7.82. The SMILES string of the molecule is Cc1cc(C(=O)N2CCC(C3CC(N)CCO3)CC2)ccc1-n1cccn1. The molecule has 6 nitrogen and oxygen atoms in total. The van der Waals surface area contributed by atoms with E-state index in [2.05, 4.69) is 5.10 Å². The van der Waals surface area contributed by atoms with E-state index < -0.39 is 0 Å². The van der Waals surface area contributed by atoms with Crippen molar-refractivity contribution in [3.63, 3.8) is 0 Å². The van der Waals surface area contributed by atoms with Gasteiger partial charge in [0.2, 0.25) is 0 Å². The second-order valence-electron chi connectivity index (χ2n) is 7.78. The maximum absolute atomic E-state index is 12.9. The minimum absolute atomic E-state index is 0.116. The van der Waals surface area contributed by atoms with Crippen molar-refractivity contribution in [3.8, 4) is 5.69 Å². The molecule has 2 unspecified atom stereocenters. The zero-order chi connectivity index (χ0) is 18.8. The summed E-state index contributed by atoms with van der Waals surface area (Å²) >= 11 is 0. The lowest BCUT2D eigenvalue weighted by molar-refractivity contribution is -0.0419. The van der Waals surface area contributed by atoms with Gasteiger partial charge < -0.3 is 15.4 Å². The first-order valence-electron chi connectivity index (χ1n) is 9.89. The molecule has 2 aliphatic heterocycles. The summed E-state index contributed by atoms with van der Waals surface area (Å²) in [6.45, 7) is 4.37. The standard InChI is InChI=1S/C21H28N4O2/c1-15-13-17(3-4-19(15)25-9-2-8-23-25)21(26)24-10-5-16(6-11-24)20-14-18(22)7-12-27-20/h2-4,8-9,13,16,18,20H,5-7,10-12,14,22H2,1H3. The Morgan fingerprint density at radius 1 is 1.26 bits per heavy atom. The number of carbonyl (C=O) groups is 1. The van der Waals surface area contributed by atoms with Crippen LogP contribution in [0.25, 0.3) is 5.69 Å². The zero-order valence-corrected chi connectivity index (χ0v) is 15.9. The average molecular weight is 368 g/mol. The molecule has 2 saturated heterocycles. The van der Waals surface area contributed by atoms with Crippen molar-refractivity contribution in [2.75, 3.05) is 19.7 Å². The average Bonchev–Trinajstić information content (AvgIpc) is 3.22. The van der Waals surface area contributed by atoms with Crippen LogP contribution in [0.5, 0.6) is 0 Å². The van der Waals surface area contributed by atoms with E-state index in [0.717, 1.165) is 62.2 Å². The number of aryl methyl sites for hydroxylation is 1. The van der Waals surface area contributed by atoms with Gasteiger partial charge in [0, 0.05) is 43.7 Å². The molecule has 27 heavy (non-hydrogen) atoms. The Labute approximate surface area is 160 Å². The van der Waals surface area contributed by atoms with Crippen LogP contribution < -0.4 is 5.73 Å². The van der Waals surface area contributed by atoms with Crippen LogP contribution in [0.15, 0.2) is 36.7 Å². The number of likely N-dealkylation sites (tertiary alicyclic amines) is 1. The van der Waals surface area contributed by atoms with Gasteiger partial charge in [0.1, 0.15) is 0 Å². The van der Waals surface area contributed by atoms with Crippen molar-refractivity contribution in [2.45, 2.75) is 44.8 Å². The predicted octanol–water partition coefficient (Wildman–Crippen LogP) is 2.54. The molecule has 1 aromatic heterocycles. The normalized spacial score (nSPS) is 24.1. The highest BCUT2D eigenvalue weighted by Crippen LogP contribution is 2.29. The van der Waals surface area contributed by atoms with Crippen LogP contribution in [0.2, 0.25) is 0 Å². The molecule has 2 aliphatic rings. The first-order chi connectivity index (χ1) is 13.1. The van der Waals surface area contributed by atoms with Crippen LogP contribution in [0.3, 0.4) is 0 Å². The number of nitrogens with two attached hydrogens (primary N) is 1. The number of hydrogen-bond acceptors (Lipinski definition) is 4. The molecule has 1 aromatic carbocycles. The molecule has 2 N–H and O–H groups in total. The molecule has 0 saturated carbocycles. The summed E-state index contributed by atoms with van der Waals surface area (Å²) in [5.41, 5.74) is 8.89. The number of amides is 1. The van der Waals surface area contributed by atoms with Gasteiger partial charge in [-0.3, -0.25) is 4.79 Å². The largest absolute Gasteiger partial charge is 0.378 e. The van der Waals surface area contributed by atoms with Crippen molar-refractivity contribution < 1.29 is 9.53 Å². The predicted molar refractivity (Wildman–Crippen MR) is 104 cm³/mol. The summed E-state index contributed by atoms with van der Waals surface area (Å²) in [5.74, 6) is 0.633. The summed E-state index contributed by atoms with van der Waals surface area (Å²) in [6, 6.07) is 8.00. The van der Waals surface area contributed by atoms with Gasteiger partial charge in [-0.05, 0) is 68.4 Å². The van der Waals surface area contributed by atoms with E-state index in [9.17, 15) is 4.79 Å². The van der Waals surface area contributed by atoms with E-state index in [1.54, 1.807) is 6.20 Å². The molecule has 3 heterocycles. The topological polar surface area (TPSA) is 73.4 Å². The van der Waals surface area contributed by atoms with Gasteiger partial charge in [0.15, 0.2) is 0 Å². The molecule has 0 bridgehead atoms. The van der Waals surface area contributed by atoms with Crippen molar-refractivity contribution in [3.05, 3.63) is 47.8 Å². The Hall–Kier alpha value is -2.18. The van der Waals surface area contributed by atoms with Gasteiger partial charge in [-0.25, -0.2) is 4.68 Å². The van der Waals surface area contributed by atoms with E-state index in [-0.39, 0.29) is 18.1 Å². The second-order valence-corrected chi connectivity index (χ2v) is 7.78. The number of ether oxygens (including phenoxy) is 1. The number of nitrogens with zero attached hydrogens (tertiary/aromatic N) is 3. The Bertz CT molecular complexity index is 781. The maximum atomic E-state index is 12.9. The molecule has 0 spiro atoms. The van der Waals surface area contributed by atoms with E-state index in [0.29, 0.717) is 5.92 Å². The van der Waals surface area contributed by atoms with Gasteiger partial charge in [-0.1, -0.05) is 0 Å². The first-order valence-corrected chi connectivity index (χ1v) is 9.89. The van der Waals surface area contributed by atoms with Crippen molar-refractivity contribution in [1.29, 1.82) is 0 Å². The van der Waals surface area contributed by atoms with Crippen molar-refractivity contribution >= 4 is 5.91 Å². The minimum atomic E-state index is 0.116. The smallest absolute Gasteiger partial charge is 0.253 e. The molecule has 1 amide bonds. The fourth-order valence-electron chi connectivity index (χ4n) is 4.30. The van der Waals surface area contributed by atoms with Crippen LogP contribution in [-0.4, -0.2) is 52.4 Å². The third kappa shape index (κ3) is 3.92. The Morgan fingerprint density at radius 2 is 2.07 bits per heavy atom. The summed E-state index contributed by atoms with van der Waals surface area (Å²) in [5, 5.41) is 4.27. The third-order valence-corrected chi connectivity index (χ3v) is 5.90. The van der Waals surface area contributed by atoms with Gasteiger partial charge in [0.05, 0.1) is 11.8 Å². The van der Waals surface area contributed by atoms with E-state index in [1.165, 1.54) is 0 Å². The molecule has 0 aliphatic carbocycles. The molecule has 4 rings (SSSR count). The van der Waals surface area contributed by atoms with Gasteiger partial charge in [-0.2, -0.15) is 5.10 Å². The fourth-order valence-corrected chi connectivity index (χ4v) is 4.30. The van der Waals surface area contributed by atoms with E-state index in [4.69, 9.17) is 10.5 Å². The summed E-state index contributed by atoms with van der Waals surface area (Å²) in [7, 11) is 0. The Kier molecular flexibility index (Phi) is 5.27. The molecule has 2 atom stereocenters. The van der Waals surface area contributed by atoms with Crippen LogP contribution in [-0.2, 0) is 4.74 Å². The number of aromatic nitrogens is 2. The number of hydrogen-bond donors (Lipinski definition) is 1. The lowest BCUT2D eigenvalue weighted by Crippen LogP contribution is -2.45. The lowest BCUT2D eigenvalue weighted by Gasteiger charge is -2.38. The van der Waals surface area contributed by atoms with Gasteiger partial charge >= 0.3 is 0 Å². The Balaban J connectivity index is 1.38. The third-order valence-electron chi connectivity index (χ3n) is 5.90. The number of piperidine rings is 1. The van der Waals surface area contributed by atoms with E-state index in [1.807, 2.05) is 47.0 Å². The zero-order valence-electron chi connectivity index (χ0n) is 15.9. The highest BCUT2D eigenvalue weighted by Gasteiger charge is 2.32. The molecule has 0 radical (unpaired) electrons. The van der Waals surface area contributed by atoms with Gasteiger partial charge in [-0.15, -0.1) is 0 Å². The quantitative estimate of drug-likeness (QED) is 0.904. The number of benzene rings is 1. The van der Waals surface area contributed by atoms with Crippen LogP contribution in [0, 0.1) is 12.8 Å². The van der Waals surface area contributed by atoms with Crippen LogP contribution in [0.4, 0.5) is 0 Å². The molecule has 6 heteroatoms. The van der Waals surface area contributed by atoms with Crippen molar-refractivity contribution in [1.82, 2.24) is 14.7 Å². The van der Waals surface area contributed by atoms with Gasteiger partial charge in [0.25, 0.3) is 5.91 Å². The van der Waals surface area contributed by atoms with Crippen LogP contribution >= 0.6 is 0 Å². The monoisotopic (exact) mass is 368 g/mol. The highest BCUT2D eigenvalue weighted by molar-refractivity contribution is 5.94. The lowest BCUT2D eigenvalue weighted by atomic mass is 9.86. The first kappa shape index (κ1) is 18.2. The van der Waals surface area contributed by atoms with Crippen LogP contribution in [0.1, 0.15) is 41.6 Å². The molecule has 144 valence electrons. The fraction of sp³-hybridized carbons (Fsp3) is 0.524. The maximum Gasteiger partial charge on any atom is 0.253 e. The molecule has 2 fully saturated rings. The molecule has 2 aromatic rings. The molecular formula is C21H28N4O2. The number of carbonyl (C=O) groups excluding carboxylic acids is 1. The van der Waals surface area contributed by atoms with Crippen molar-refractivity contribution in [2.24, 2.45) is 11.7 Å². The Morgan fingerprint density at radius 3 is 2.74 bits per heavy atom. The summed E-state index contributed by atoms with van der Waals surface area (Å²) < 4.78 is 7.76. The summed E-state index contributed by atoms with van der Waals surface area (Å²) in [6.07, 6.45) is 7.83. The van der Waals surface area contributed by atoms with E-state index >= 15 is 0 Å². The number of rotatable bonds is 3.